The zero-order valence-electron chi connectivity index (χ0n) is 8.83. The highest BCUT2D eigenvalue weighted by Crippen LogP contribution is 2.02. The Morgan fingerprint density at radius 3 is 2.69 bits per heavy atom. The van der Waals surface area contributed by atoms with E-state index in [0.29, 0.717) is 24.7 Å². The van der Waals surface area contributed by atoms with Crippen LogP contribution in [0.2, 0.25) is 0 Å². The van der Waals surface area contributed by atoms with Gasteiger partial charge in [0, 0.05) is 0 Å². The quantitative estimate of drug-likeness (QED) is 0.446. The van der Waals surface area contributed by atoms with Gasteiger partial charge in [-0.3, -0.25) is 0 Å². The van der Waals surface area contributed by atoms with Crippen LogP contribution in [0.4, 0.5) is 0 Å². The standard InChI is InChI=1S/C12H14O4/c13-9-11(14)7-4-8-16-12(15)10-5-2-1-3-6-10/h1-3,5-6,9,11,14H,4,7-8H2. The minimum atomic E-state index is -0.963. The number of benzene rings is 1. The smallest absolute Gasteiger partial charge is 0.338 e. The Morgan fingerprint density at radius 2 is 2.06 bits per heavy atom. The number of rotatable bonds is 6. The van der Waals surface area contributed by atoms with E-state index in [4.69, 9.17) is 9.84 Å². The Labute approximate surface area is 93.9 Å². The van der Waals surface area contributed by atoms with Gasteiger partial charge in [-0.1, -0.05) is 18.2 Å². The number of carbonyl (C=O) groups excluding carboxylic acids is 2. The summed E-state index contributed by atoms with van der Waals surface area (Å²) in [5.41, 5.74) is 0.499. The van der Waals surface area contributed by atoms with Crippen LogP contribution in [-0.4, -0.2) is 30.1 Å². The number of aldehydes is 1. The van der Waals surface area contributed by atoms with Gasteiger partial charge in [-0.2, -0.15) is 0 Å². The number of carbonyl (C=O) groups is 2. The van der Waals surface area contributed by atoms with E-state index in [2.05, 4.69) is 0 Å². The van der Waals surface area contributed by atoms with Crippen molar-refractivity contribution in [2.75, 3.05) is 6.61 Å². The summed E-state index contributed by atoms with van der Waals surface area (Å²) in [6.07, 6.45) is 0.290. The van der Waals surface area contributed by atoms with Crippen LogP contribution in [0.15, 0.2) is 30.3 Å². The van der Waals surface area contributed by atoms with Crippen molar-refractivity contribution in [3.8, 4) is 0 Å². The average molecular weight is 222 g/mol. The molecule has 1 N–H and O–H groups in total. The molecule has 4 nitrogen and oxygen atoms in total. The predicted molar refractivity (Wildman–Crippen MR) is 58.0 cm³/mol. The van der Waals surface area contributed by atoms with Crippen molar-refractivity contribution in [1.29, 1.82) is 0 Å². The van der Waals surface area contributed by atoms with Crippen LogP contribution in [-0.2, 0) is 9.53 Å². The van der Waals surface area contributed by atoms with Gasteiger partial charge in [0.15, 0.2) is 0 Å². The summed E-state index contributed by atoms with van der Waals surface area (Å²) in [7, 11) is 0. The highest BCUT2D eigenvalue weighted by molar-refractivity contribution is 5.89. The molecule has 0 saturated heterocycles. The second-order valence-corrected chi connectivity index (χ2v) is 3.35. The summed E-state index contributed by atoms with van der Waals surface area (Å²) in [6, 6.07) is 8.67. The first-order valence-electron chi connectivity index (χ1n) is 5.09. The normalized spacial score (nSPS) is 11.8. The van der Waals surface area contributed by atoms with Gasteiger partial charge in [0.25, 0.3) is 0 Å². The van der Waals surface area contributed by atoms with E-state index in [1.165, 1.54) is 0 Å². The van der Waals surface area contributed by atoms with Gasteiger partial charge in [-0.05, 0) is 25.0 Å². The second-order valence-electron chi connectivity index (χ2n) is 3.35. The molecule has 1 atom stereocenters. The highest BCUT2D eigenvalue weighted by atomic mass is 16.5. The van der Waals surface area contributed by atoms with Gasteiger partial charge < -0.3 is 14.6 Å². The molecule has 16 heavy (non-hydrogen) atoms. The lowest BCUT2D eigenvalue weighted by Gasteiger charge is -2.05. The van der Waals surface area contributed by atoms with Crippen molar-refractivity contribution >= 4 is 12.3 Å². The zero-order valence-corrected chi connectivity index (χ0v) is 8.83. The van der Waals surface area contributed by atoms with Gasteiger partial charge in [0.1, 0.15) is 12.4 Å². The predicted octanol–water partition coefficient (Wildman–Crippen LogP) is 1.18. The Morgan fingerprint density at radius 1 is 1.38 bits per heavy atom. The van der Waals surface area contributed by atoms with Gasteiger partial charge in [-0.25, -0.2) is 4.79 Å². The van der Waals surface area contributed by atoms with Crippen molar-refractivity contribution in [2.24, 2.45) is 0 Å². The Kier molecular flexibility index (Phi) is 5.22. The molecule has 1 rings (SSSR count). The topological polar surface area (TPSA) is 63.6 Å². The molecule has 0 bridgehead atoms. The fourth-order valence-corrected chi connectivity index (χ4v) is 1.18. The lowest BCUT2D eigenvalue weighted by molar-refractivity contribution is -0.115. The molecule has 0 aliphatic rings. The number of esters is 1. The van der Waals surface area contributed by atoms with Crippen LogP contribution in [0.1, 0.15) is 23.2 Å². The van der Waals surface area contributed by atoms with Gasteiger partial charge >= 0.3 is 5.97 Å². The molecule has 0 aliphatic heterocycles. The van der Waals surface area contributed by atoms with Gasteiger partial charge in [-0.15, -0.1) is 0 Å². The van der Waals surface area contributed by atoms with Crippen molar-refractivity contribution in [2.45, 2.75) is 18.9 Å². The Bertz CT molecular complexity index is 334. The van der Waals surface area contributed by atoms with Crippen LogP contribution in [0.25, 0.3) is 0 Å². The van der Waals surface area contributed by atoms with E-state index in [1.807, 2.05) is 6.07 Å². The first kappa shape index (κ1) is 12.4. The molecular formula is C12H14O4. The first-order chi connectivity index (χ1) is 7.74. The Hall–Kier alpha value is -1.68. The number of aliphatic hydroxyl groups is 1. The van der Waals surface area contributed by atoms with E-state index in [-0.39, 0.29) is 12.6 Å². The summed E-state index contributed by atoms with van der Waals surface area (Å²) >= 11 is 0. The molecule has 4 heteroatoms. The third kappa shape index (κ3) is 4.23. The molecule has 1 aromatic rings. The number of aliphatic hydroxyl groups excluding tert-OH is 1. The molecule has 0 fully saturated rings. The molecule has 0 heterocycles. The van der Waals surface area contributed by atoms with Crippen molar-refractivity contribution in [3.05, 3.63) is 35.9 Å². The fourth-order valence-electron chi connectivity index (χ4n) is 1.18. The average Bonchev–Trinajstić information content (AvgIpc) is 2.35. The maximum atomic E-state index is 11.4. The van der Waals surface area contributed by atoms with E-state index in [1.54, 1.807) is 24.3 Å². The summed E-state index contributed by atoms with van der Waals surface area (Å²) in [5.74, 6) is -0.388. The summed E-state index contributed by atoms with van der Waals surface area (Å²) in [6.45, 7) is 0.207. The first-order valence-corrected chi connectivity index (χ1v) is 5.09. The SMILES string of the molecule is O=CC(O)CCCOC(=O)c1ccccc1. The minimum absolute atomic E-state index is 0.207. The number of ether oxygens (including phenoxy) is 1. The molecular weight excluding hydrogens is 208 g/mol. The zero-order chi connectivity index (χ0) is 11.8. The van der Waals surface area contributed by atoms with Crippen LogP contribution >= 0.6 is 0 Å². The molecule has 1 unspecified atom stereocenters. The third-order valence-corrected chi connectivity index (χ3v) is 2.04. The molecule has 0 amide bonds. The lowest BCUT2D eigenvalue weighted by atomic mass is 10.2. The molecule has 0 aliphatic carbocycles. The van der Waals surface area contributed by atoms with E-state index < -0.39 is 6.10 Å². The van der Waals surface area contributed by atoms with Crippen LogP contribution in [0, 0.1) is 0 Å². The van der Waals surface area contributed by atoms with Crippen molar-refractivity contribution in [3.63, 3.8) is 0 Å². The van der Waals surface area contributed by atoms with Gasteiger partial charge in [0.2, 0.25) is 0 Å². The van der Waals surface area contributed by atoms with Crippen molar-refractivity contribution in [1.82, 2.24) is 0 Å². The summed E-state index contributed by atoms with van der Waals surface area (Å²) in [4.78, 5) is 21.5. The molecule has 0 aromatic heterocycles. The van der Waals surface area contributed by atoms with E-state index in [9.17, 15) is 9.59 Å². The molecule has 86 valence electrons. The largest absolute Gasteiger partial charge is 0.462 e. The van der Waals surface area contributed by atoms with E-state index in [0.717, 1.165) is 0 Å². The van der Waals surface area contributed by atoms with E-state index >= 15 is 0 Å². The number of hydrogen-bond acceptors (Lipinski definition) is 4. The molecule has 1 aromatic carbocycles. The Balaban J connectivity index is 2.24. The van der Waals surface area contributed by atoms with Crippen LogP contribution < -0.4 is 0 Å². The summed E-state index contributed by atoms with van der Waals surface area (Å²) < 4.78 is 4.96. The third-order valence-electron chi connectivity index (χ3n) is 2.04. The minimum Gasteiger partial charge on any atom is -0.462 e. The highest BCUT2D eigenvalue weighted by Gasteiger charge is 2.06. The summed E-state index contributed by atoms with van der Waals surface area (Å²) in [5, 5.41) is 8.93. The van der Waals surface area contributed by atoms with Gasteiger partial charge in [0.05, 0.1) is 12.2 Å². The lowest BCUT2D eigenvalue weighted by Crippen LogP contribution is -2.11. The van der Waals surface area contributed by atoms with Crippen LogP contribution in [0.5, 0.6) is 0 Å². The fraction of sp³-hybridized carbons (Fsp3) is 0.333. The maximum absolute atomic E-state index is 11.4. The second kappa shape index (κ2) is 6.74. The molecule has 0 radical (unpaired) electrons. The molecule has 0 spiro atoms. The van der Waals surface area contributed by atoms with Crippen LogP contribution in [0.3, 0.4) is 0 Å². The number of hydrogen-bond donors (Lipinski definition) is 1. The maximum Gasteiger partial charge on any atom is 0.338 e. The molecule has 0 saturated carbocycles. The van der Waals surface area contributed by atoms with Crippen molar-refractivity contribution < 1.29 is 19.4 Å². The monoisotopic (exact) mass is 222 g/mol.